The molecule has 1 atom stereocenters. The second-order valence-electron chi connectivity index (χ2n) is 5.59. The maximum atomic E-state index is 13.0. The minimum Gasteiger partial charge on any atom is -0.469 e. The Bertz CT molecular complexity index is 690. The number of halogens is 1. The summed E-state index contributed by atoms with van der Waals surface area (Å²) in [4.78, 5) is 23.8. The van der Waals surface area contributed by atoms with Gasteiger partial charge in [0, 0.05) is 17.7 Å². The van der Waals surface area contributed by atoms with Crippen LogP contribution in [0.1, 0.15) is 24.4 Å². The second-order valence-corrected chi connectivity index (χ2v) is 5.59. The van der Waals surface area contributed by atoms with Gasteiger partial charge in [-0.2, -0.15) is 0 Å². The molecule has 25 heavy (non-hydrogen) atoms. The quantitative estimate of drug-likeness (QED) is 0.568. The van der Waals surface area contributed by atoms with Crippen LogP contribution in [0.2, 0.25) is 0 Å². The van der Waals surface area contributed by atoms with Crippen LogP contribution in [0, 0.1) is 5.82 Å². The monoisotopic (exact) mass is 345 g/mol. The smallest absolute Gasteiger partial charge is 0.305 e. The third-order valence-electron chi connectivity index (χ3n) is 3.77. The molecular weight excluding hydrogens is 323 g/mol. The lowest BCUT2D eigenvalue weighted by Crippen LogP contribution is -2.87. The Balaban J connectivity index is 2.02. The zero-order chi connectivity index (χ0) is 18.1. The number of nitrogens with two attached hydrogens (primary N) is 1. The first-order valence-corrected chi connectivity index (χ1v) is 8.11. The summed E-state index contributed by atoms with van der Waals surface area (Å²) in [6, 6.07) is 14.6. The van der Waals surface area contributed by atoms with Crippen LogP contribution < -0.4 is 10.6 Å². The van der Waals surface area contributed by atoms with E-state index in [0.717, 1.165) is 5.56 Å². The van der Waals surface area contributed by atoms with E-state index in [1.165, 1.54) is 31.4 Å². The molecule has 0 aliphatic rings. The molecule has 0 bridgehead atoms. The first kappa shape index (κ1) is 18.6. The predicted molar refractivity (Wildman–Crippen MR) is 92.3 cm³/mol. The SMILES string of the molecule is COC(=O)CCC[NH2+][C@H](C(=O)Nc1ccc(F)cc1)c1ccccc1. The molecule has 5 nitrogen and oxygen atoms in total. The normalized spacial score (nSPS) is 11.6. The van der Waals surface area contributed by atoms with Crippen molar-refractivity contribution in [2.24, 2.45) is 0 Å². The largest absolute Gasteiger partial charge is 0.469 e. The summed E-state index contributed by atoms with van der Waals surface area (Å²) < 4.78 is 17.6. The van der Waals surface area contributed by atoms with Gasteiger partial charge in [0.05, 0.1) is 20.1 Å². The Kier molecular flexibility index (Phi) is 7.10. The number of nitrogens with one attached hydrogen (secondary N) is 1. The van der Waals surface area contributed by atoms with Crippen LogP contribution >= 0.6 is 0 Å². The molecule has 2 aromatic rings. The van der Waals surface area contributed by atoms with Crippen molar-refractivity contribution >= 4 is 17.6 Å². The van der Waals surface area contributed by atoms with Crippen LogP contribution in [0.25, 0.3) is 0 Å². The Morgan fingerprint density at radius 2 is 1.80 bits per heavy atom. The van der Waals surface area contributed by atoms with Crippen molar-refractivity contribution < 1.29 is 24.0 Å². The fourth-order valence-electron chi connectivity index (χ4n) is 2.44. The molecule has 0 fully saturated rings. The number of rotatable bonds is 8. The molecule has 0 aliphatic heterocycles. The highest BCUT2D eigenvalue weighted by atomic mass is 19.1. The van der Waals surface area contributed by atoms with Crippen molar-refractivity contribution in [2.45, 2.75) is 18.9 Å². The van der Waals surface area contributed by atoms with Crippen LogP contribution in [0.3, 0.4) is 0 Å². The number of carbonyl (C=O) groups is 2. The van der Waals surface area contributed by atoms with Crippen LogP contribution in [0.15, 0.2) is 54.6 Å². The van der Waals surface area contributed by atoms with E-state index in [-0.39, 0.29) is 17.7 Å². The lowest BCUT2D eigenvalue weighted by atomic mass is 10.1. The van der Waals surface area contributed by atoms with E-state index < -0.39 is 6.04 Å². The maximum Gasteiger partial charge on any atom is 0.305 e. The number of methoxy groups -OCH3 is 1. The van der Waals surface area contributed by atoms with Gasteiger partial charge in [-0.3, -0.25) is 9.59 Å². The minimum atomic E-state index is -0.455. The first-order chi connectivity index (χ1) is 12.1. The van der Waals surface area contributed by atoms with Crippen LogP contribution in [-0.4, -0.2) is 25.5 Å². The van der Waals surface area contributed by atoms with Crippen LogP contribution in [0.4, 0.5) is 10.1 Å². The summed E-state index contributed by atoms with van der Waals surface area (Å²) in [5.41, 5.74) is 1.40. The van der Waals surface area contributed by atoms with Gasteiger partial charge in [0.2, 0.25) is 0 Å². The minimum absolute atomic E-state index is 0.198. The third kappa shape index (κ3) is 6.00. The number of amides is 1. The number of hydrogen-bond donors (Lipinski definition) is 2. The van der Waals surface area contributed by atoms with Crippen molar-refractivity contribution in [3.63, 3.8) is 0 Å². The molecule has 132 valence electrons. The number of quaternary nitrogens is 1. The van der Waals surface area contributed by atoms with Crippen molar-refractivity contribution in [1.29, 1.82) is 0 Å². The maximum absolute atomic E-state index is 13.0. The molecule has 3 N–H and O–H groups in total. The fourth-order valence-corrected chi connectivity index (χ4v) is 2.44. The van der Waals surface area contributed by atoms with Crippen LogP contribution in [-0.2, 0) is 14.3 Å². The predicted octanol–water partition coefficient (Wildman–Crippen LogP) is 2.02. The molecule has 2 aromatic carbocycles. The number of esters is 1. The number of hydrogen-bond acceptors (Lipinski definition) is 3. The Morgan fingerprint density at radius 1 is 1.12 bits per heavy atom. The molecule has 0 heterocycles. The molecule has 0 radical (unpaired) electrons. The van der Waals surface area contributed by atoms with Gasteiger partial charge < -0.3 is 15.4 Å². The Labute approximate surface area is 146 Å². The molecule has 0 aromatic heterocycles. The van der Waals surface area contributed by atoms with Gasteiger partial charge in [0.15, 0.2) is 6.04 Å². The standard InChI is InChI=1S/C19H21FN2O3/c1-25-17(23)8-5-13-21-18(14-6-3-2-4-7-14)19(24)22-16-11-9-15(20)10-12-16/h2-4,6-7,9-12,18,21H,5,8,13H2,1H3,(H,22,24)/p+1/t18-/m0/s1. The lowest BCUT2D eigenvalue weighted by molar-refractivity contribution is -0.682. The van der Waals surface area contributed by atoms with Crippen molar-refractivity contribution in [2.75, 3.05) is 19.0 Å². The van der Waals surface area contributed by atoms with Gasteiger partial charge in [-0.1, -0.05) is 30.3 Å². The van der Waals surface area contributed by atoms with Gasteiger partial charge in [-0.05, 0) is 24.3 Å². The van der Waals surface area contributed by atoms with Crippen molar-refractivity contribution in [3.8, 4) is 0 Å². The molecule has 0 saturated carbocycles. The van der Waals surface area contributed by atoms with E-state index >= 15 is 0 Å². The molecule has 0 spiro atoms. The summed E-state index contributed by atoms with van der Waals surface area (Å²) in [5, 5.41) is 4.69. The number of carbonyl (C=O) groups excluding carboxylic acids is 2. The summed E-state index contributed by atoms with van der Waals surface area (Å²) in [6.45, 7) is 0.603. The molecule has 6 heteroatoms. The van der Waals surface area contributed by atoms with E-state index in [4.69, 9.17) is 0 Å². The summed E-state index contributed by atoms with van der Waals surface area (Å²) in [5.74, 6) is -0.816. The van der Waals surface area contributed by atoms with E-state index in [2.05, 4.69) is 10.1 Å². The Hall–Kier alpha value is -2.73. The zero-order valence-electron chi connectivity index (χ0n) is 14.1. The highest BCUT2D eigenvalue weighted by molar-refractivity contribution is 5.94. The number of anilines is 1. The average molecular weight is 345 g/mol. The Morgan fingerprint density at radius 3 is 2.44 bits per heavy atom. The van der Waals surface area contributed by atoms with Gasteiger partial charge in [-0.15, -0.1) is 0 Å². The van der Waals surface area contributed by atoms with Crippen LogP contribution in [0.5, 0.6) is 0 Å². The van der Waals surface area contributed by atoms with Gasteiger partial charge in [0.25, 0.3) is 5.91 Å². The summed E-state index contributed by atoms with van der Waals surface area (Å²) >= 11 is 0. The van der Waals surface area contributed by atoms with E-state index in [9.17, 15) is 14.0 Å². The van der Waals surface area contributed by atoms with Gasteiger partial charge >= 0.3 is 5.97 Å². The molecule has 0 unspecified atom stereocenters. The van der Waals surface area contributed by atoms with E-state index in [1.807, 2.05) is 35.6 Å². The summed E-state index contributed by atoms with van der Waals surface area (Å²) in [6.07, 6.45) is 0.925. The van der Waals surface area contributed by atoms with Crippen molar-refractivity contribution in [1.82, 2.24) is 0 Å². The lowest BCUT2D eigenvalue weighted by Gasteiger charge is -2.16. The molecular formula is C19H22FN2O3+. The van der Waals surface area contributed by atoms with Crippen molar-refractivity contribution in [3.05, 3.63) is 66.0 Å². The molecule has 0 aliphatic carbocycles. The topological polar surface area (TPSA) is 72.0 Å². The summed E-state index contributed by atoms with van der Waals surface area (Å²) in [7, 11) is 1.36. The van der Waals surface area contributed by atoms with E-state index in [1.54, 1.807) is 0 Å². The average Bonchev–Trinajstić information content (AvgIpc) is 2.64. The third-order valence-corrected chi connectivity index (χ3v) is 3.77. The fraction of sp³-hybridized carbons (Fsp3) is 0.263. The second kappa shape index (κ2) is 9.54. The van der Waals surface area contributed by atoms with E-state index in [0.29, 0.717) is 25.1 Å². The highest BCUT2D eigenvalue weighted by Crippen LogP contribution is 2.13. The van der Waals surface area contributed by atoms with Gasteiger partial charge in [0.1, 0.15) is 5.82 Å². The zero-order valence-corrected chi connectivity index (χ0v) is 14.1. The number of benzene rings is 2. The highest BCUT2D eigenvalue weighted by Gasteiger charge is 2.24. The molecule has 0 saturated heterocycles. The molecule has 2 rings (SSSR count). The van der Waals surface area contributed by atoms with Gasteiger partial charge in [-0.25, -0.2) is 4.39 Å². The molecule has 1 amide bonds. The first-order valence-electron chi connectivity index (χ1n) is 8.11. The number of ether oxygens (including phenoxy) is 1.